The molecule has 2 atom stereocenters. The third-order valence-electron chi connectivity index (χ3n) is 4.86. The Balaban J connectivity index is 1.83. The molecular weight excluding hydrogens is 421 g/mol. The normalized spacial score (nSPS) is 21.1. The number of hydrogen-bond acceptors (Lipinski definition) is 7. The summed E-state index contributed by atoms with van der Waals surface area (Å²) in [6.07, 6.45) is 0. The van der Waals surface area contributed by atoms with Crippen LogP contribution in [0.4, 0.5) is 4.39 Å². The Labute approximate surface area is 169 Å². The maximum Gasteiger partial charge on any atom is 0.183 e. The summed E-state index contributed by atoms with van der Waals surface area (Å²) >= 11 is 0. The molecule has 2 aromatic carbocycles. The molecular formula is C19H22FNO6S2. The maximum atomic E-state index is 13.2. The highest BCUT2D eigenvalue weighted by atomic mass is 32.2. The number of hydrogen-bond donors (Lipinski definition) is 1. The second kappa shape index (κ2) is 8.29. The first-order valence-corrected chi connectivity index (χ1v) is 12.2. The van der Waals surface area contributed by atoms with Gasteiger partial charge in [0, 0.05) is 12.6 Å². The Hall–Kier alpha value is -2.17. The van der Waals surface area contributed by atoms with E-state index in [9.17, 15) is 21.2 Å². The van der Waals surface area contributed by atoms with E-state index in [4.69, 9.17) is 9.47 Å². The maximum absolute atomic E-state index is 13.2. The van der Waals surface area contributed by atoms with Crippen LogP contribution in [0.15, 0.2) is 47.4 Å². The molecule has 1 aliphatic rings. The summed E-state index contributed by atoms with van der Waals surface area (Å²) in [5.74, 6) is -0.259. The molecule has 0 aromatic heterocycles. The average Bonchev–Trinajstić information content (AvgIpc) is 3.01. The first-order chi connectivity index (χ1) is 13.7. The molecule has 2 unspecified atom stereocenters. The summed E-state index contributed by atoms with van der Waals surface area (Å²) in [5.41, 5.74) is 0.782. The van der Waals surface area contributed by atoms with Crippen molar-refractivity contribution in [2.75, 3.05) is 25.7 Å². The first-order valence-electron chi connectivity index (χ1n) is 8.80. The summed E-state index contributed by atoms with van der Waals surface area (Å²) in [7, 11) is -4.47. The molecule has 0 saturated carbocycles. The molecule has 29 heavy (non-hydrogen) atoms. The van der Waals surface area contributed by atoms with Crippen LogP contribution in [-0.4, -0.2) is 53.9 Å². The lowest BCUT2D eigenvalue weighted by molar-refractivity contribution is 0.354. The molecule has 0 amide bonds. The molecule has 0 radical (unpaired) electrons. The molecule has 1 aliphatic heterocycles. The molecule has 1 saturated heterocycles. The largest absolute Gasteiger partial charge is 0.493 e. The number of ether oxygens (including phenoxy) is 2. The van der Waals surface area contributed by atoms with Crippen LogP contribution in [0.1, 0.15) is 5.56 Å². The van der Waals surface area contributed by atoms with Crippen molar-refractivity contribution in [3.05, 3.63) is 53.8 Å². The van der Waals surface area contributed by atoms with Gasteiger partial charge in [-0.25, -0.2) is 21.2 Å². The van der Waals surface area contributed by atoms with Crippen molar-refractivity contribution >= 4 is 19.7 Å². The van der Waals surface area contributed by atoms with E-state index in [1.165, 1.54) is 14.2 Å². The Morgan fingerprint density at radius 2 is 1.69 bits per heavy atom. The van der Waals surface area contributed by atoms with Crippen LogP contribution < -0.4 is 14.8 Å². The Morgan fingerprint density at radius 3 is 2.31 bits per heavy atom. The van der Waals surface area contributed by atoms with E-state index in [-0.39, 0.29) is 17.2 Å². The Kier molecular flexibility index (Phi) is 6.16. The van der Waals surface area contributed by atoms with E-state index in [1.54, 1.807) is 18.2 Å². The molecule has 3 rings (SSSR count). The molecule has 158 valence electrons. The lowest BCUT2D eigenvalue weighted by atomic mass is 10.1. The number of halogens is 1. The topological polar surface area (TPSA) is 98.8 Å². The SMILES string of the molecule is COc1ccc(CNC2CS(=O)(=O)CC2S(=O)(=O)c2ccc(F)cc2)cc1OC. The Bertz CT molecular complexity index is 1080. The van der Waals surface area contributed by atoms with Crippen molar-refractivity contribution in [3.8, 4) is 11.5 Å². The zero-order valence-electron chi connectivity index (χ0n) is 16.0. The molecule has 7 nitrogen and oxygen atoms in total. The van der Waals surface area contributed by atoms with Gasteiger partial charge in [-0.1, -0.05) is 6.07 Å². The summed E-state index contributed by atoms with van der Waals surface area (Å²) in [4.78, 5) is -0.0982. The van der Waals surface area contributed by atoms with Crippen LogP contribution in [0, 0.1) is 5.82 Å². The number of rotatable bonds is 7. The van der Waals surface area contributed by atoms with Crippen molar-refractivity contribution in [3.63, 3.8) is 0 Å². The van der Waals surface area contributed by atoms with Crippen molar-refractivity contribution < 1.29 is 30.7 Å². The standard InChI is InChI=1S/C19H22FNO6S2/c1-26-17-8-3-13(9-18(17)27-2)10-21-16-11-28(22,23)12-19(16)29(24,25)15-6-4-14(20)5-7-15/h3-9,16,19,21H,10-12H2,1-2H3. The van der Waals surface area contributed by atoms with Gasteiger partial charge in [0.25, 0.3) is 0 Å². The summed E-state index contributed by atoms with van der Waals surface area (Å²) in [5, 5.41) is 1.90. The van der Waals surface area contributed by atoms with Crippen LogP contribution in [0.2, 0.25) is 0 Å². The van der Waals surface area contributed by atoms with Gasteiger partial charge in [-0.05, 0) is 42.0 Å². The van der Waals surface area contributed by atoms with Gasteiger partial charge in [-0.3, -0.25) is 0 Å². The first kappa shape index (κ1) is 21.5. The highest BCUT2D eigenvalue weighted by Crippen LogP contribution is 2.29. The lowest BCUT2D eigenvalue weighted by Gasteiger charge is -2.20. The predicted molar refractivity (Wildman–Crippen MR) is 106 cm³/mol. The van der Waals surface area contributed by atoms with E-state index in [0.29, 0.717) is 11.5 Å². The van der Waals surface area contributed by atoms with Gasteiger partial charge in [-0.2, -0.15) is 0 Å². The molecule has 0 bridgehead atoms. The summed E-state index contributed by atoms with van der Waals surface area (Å²) in [6, 6.07) is 8.84. The minimum Gasteiger partial charge on any atom is -0.493 e. The van der Waals surface area contributed by atoms with Crippen LogP contribution in [0.3, 0.4) is 0 Å². The molecule has 1 heterocycles. The smallest absolute Gasteiger partial charge is 0.183 e. The minimum atomic E-state index is -3.96. The van der Waals surface area contributed by atoms with Crippen molar-refractivity contribution in [2.45, 2.75) is 22.7 Å². The second-order valence-electron chi connectivity index (χ2n) is 6.79. The third kappa shape index (κ3) is 4.71. The Morgan fingerprint density at radius 1 is 1.03 bits per heavy atom. The van der Waals surface area contributed by atoms with Crippen LogP contribution in [0.5, 0.6) is 11.5 Å². The summed E-state index contributed by atoms with van der Waals surface area (Å²) < 4.78 is 73.9. The van der Waals surface area contributed by atoms with Gasteiger partial charge in [0.05, 0.1) is 35.9 Å². The van der Waals surface area contributed by atoms with Gasteiger partial charge < -0.3 is 14.8 Å². The van der Waals surface area contributed by atoms with Crippen molar-refractivity contribution in [1.82, 2.24) is 5.32 Å². The predicted octanol–water partition coefficient (Wildman–Crippen LogP) is 1.57. The molecule has 1 N–H and O–H groups in total. The fraction of sp³-hybridized carbons (Fsp3) is 0.368. The molecule has 0 aliphatic carbocycles. The monoisotopic (exact) mass is 443 g/mol. The number of nitrogens with one attached hydrogen (secondary N) is 1. The highest BCUT2D eigenvalue weighted by Gasteiger charge is 2.45. The average molecular weight is 444 g/mol. The van der Waals surface area contributed by atoms with E-state index < -0.39 is 42.5 Å². The van der Waals surface area contributed by atoms with E-state index >= 15 is 0 Å². The van der Waals surface area contributed by atoms with Gasteiger partial charge in [0.1, 0.15) is 5.82 Å². The zero-order valence-corrected chi connectivity index (χ0v) is 17.6. The minimum absolute atomic E-state index is 0.0982. The van der Waals surface area contributed by atoms with Crippen LogP contribution in [0.25, 0.3) is 0 Å². The van der Waals surface area contributed by atoms with E-state index in [2.05, 4.69) is 5.32 Å². The zero-order chi connectivity index (χ0) is 21.2. The molecule has 0 spiro atoms. The lowest BCUT2D eigenvalue weighted by Crippen LogP contribution is -2.43. The van der Waals surface area contributed by atoms with Gasteiger partial charge in [0.15, 0.2) is 31.2 Å². The number of methoxy groups -OCH3 is 2. The van der Waals surface area contributed by atoms with Gasteiger partial charge >= 0.3 is 0 Å². The van der Waals surface area contributed by atoms with Crippen LogP contribution >= 0.6 is 0 Å². The van der Waals surface area contributed by atoms with E-state index in [1.807, 2.05) is 0 Å². The number of sulfone groups is 2. The van der Waals surface area contributed by atoms with Crippen molar-refractivity contribution in [2.24, 2.45) is 0 Å². The fourth-order valence-corrected chi connectivity index (χ4v) is 8.07. The summed E-state index contributed by atoms with van der Waals surface area (Å²) in [6.45, 7) is 0.246. The third-order valence-corrected chi connectivity index (χ3v) is 9.02. The quantitative estimate of drug-likeness (QED) is 0.649. The second-order valence-corrected chi connectivity index (χ2v) is 11.1. The van der Waals surface area contributed by atoms with Gasteiger partial charge in [-0.15, -0.1) is 0 Å². The molecule has 2 aromatic rings. The van der Waals surface area contributed by atoms with E-state index in [0.717, 1.165) is 29.8 Å². The highest BCUT2D eigenvalue weighted by molar-refractivity contribution is 7.96. The van der Waals surface area contributed by atoms with Crippen LogP contribution in [-0.2, 0) is 26.2 Å². The fourth-order valence-electron chi connectivity index (χ4n) is 3.35. The number of benzene rings is 2. The van der Waals surface area contributed by atoms with Crippen molar-refractivity contribution in [1.29, 1.82) is 0 Å². The van der Waals surface area contributed by atoms with Gasteiger partial charge in [0.2, 0.25) is 0 Å². The molecule has 10 heteroatoms. The molecule has 1 fully saturated rings.